The number of rotatable bonds is 8. The van der Waals surface area contributed by atoms with Crippen molar-refractivity contribution in [3.05, 3.63) is 101 Å². The molecular formula is C26H25N5O2S. The molecule has 172 valence electrons. The minimum absolute atomic E-state index is 0.140. The molecule has 0 fully saturated rings. The van der Waals surface area contributed by atoms with E-state index < -0.39 is 0 Å². The normalized spacial score (nSPS) is 10.6. The van der Waals surface area contributed by atoms with Crippen molar-refractivity contribution in [3.63, 3.8) is 0 Å². The van der Waals surface area contributed by atoms with Gasteiger partial charge in [-0.2, -0.15) is 0 Å². The minimum Gasteiger partial charge on any atom is -0.325 e. The van der Waals surface area contributed by atoms with Crippen LogP contribution in [0.25, 0.3) is 0 Å². The summed E-state index contributed by atoms with van der Waals surface area (Å²) in [7, 11) is 0. The number of carbonyl (C=O) groups is 2. The molecule has 0 saturated heterocycles. The maximum Gasteiger partial charge on any atom is 0.257 e. The molecule has 0 atom stereocenters. The van der Waals surface area contributed by atoms with Gasteiger partial charge < -0.3 is 15.2 Å². The molecule has 0 aliphatic rings. The van der Waals surface area contributed by atoms with Crippen molar-refractivity contribution in [2.24, 2.45) is 0 Å². The third kappa shape index (κ3) is 5.90. The van der Waals surface area contributed by atoms with Crippen molar-refractivity contribution in [1.29, 1.82) is 0 Å². The number of hydrogen-bond acceptors (Lipinski definition) is 5. The van der Waals surface area contributed by atoms with E-state index in [0.29, 0.717) is 28.6 Å². The Kier molecular flexibility index (Phi) is 7.39. The SMILES string of the molecule is Cc1cccc(NC(=O)c2ccccc2NC(=O)CSc2nnc(C)n2Cc2ccccc2)c1. The predicted octanol–water partition coefficient (Wildman–Crippen LogP) is 4.93. The molecule has 0 spiro atoms. The number of benzene rings is 3. The number of aromatic nitrogens is 3. The van der Waals surface area contributed by atoms with Crippen molar-refractivity contribution in [2.45, 2.75) is 25.5 Å². The summed E-state index contributed by atoms with van der Waals surface area (Å²) in [6, 6.07) is 24.6. The number of hydrogen-bond donors (Lipinski definition) is 2. The Bertz CT molecular complexity index is 1300. The molecule has 8 heteroatoms. The van der Waals surface area contributed by atoms with Gasteiger partial charge in [0.15, 0.2) is 5.16 Å². The van der Waals surface area contributed by atoms with Crippen LogP contribution < -0.4 is 10.6 Å². The van der Waals surface area contributed by atoms with Gasteiger partial charge in [0.25, 0.3) is 5.91 Å². The van der Waals surface area contributed by atoms with Crippen LogP contribution in [-0.4, -0.2) is 32.3 Å². The molecule has 0 aliphatic carbocycles. The third-order valence-electron chi connectivity index (χ3n) is 5.14. The van der Waals surface area contributed by atoms with E-state index >= 15 is 0 Å². The number of thioether (sulfide) groups is 1. The molecule has 1 aromatic heterocycles. The fraction of sp³-hybridized carbons (Fsp3) is 0.154. The summed E-state index contributed by atoms with van der Waals surface area (Å²) in [5, 5.41) is 14.8. The highest BCUT2D eigenvalue weighted by Crippen LogP contribution is 2.21. The summed E-state index contributed by atoms with van der Waals surface area (Å²) in [5.74, 6) is 0.408. The molecule has 34 heavy (non-hydrogen) atoms. The maximum atomic E-state index is 12.8. The van der Waals surface area contributed by atoms with Crippen LogP contribution in [-0.2, 0) is 11.3 Å². The molecule has 0 saturated carbocycles. The Balaban J connectivity index is 1.40. The highest BCUT2D eigenvalue weighted by atomic mass is 32.2. The first-order chi connectivity index (χ1) is 16.5. The van der Waals surface area contributed by atoms with Gasteiger partial charge in [0, 0.05) is 5.69 Å². The van der Waals surface area contributed by atoms with Crippen LogP contribution in [0, 0.1) is 13.8 Å². The first-order valence-electron chi connectivity index (χ1n) is 10.8. The van der Waals surface area contributed by atoms with E-state index in [1.54, 1.807) is 24.3 Å². The Hall–Kier alpha value is -3.91. The van der Waals surface area contributed by atoms with Crippen molar-refractivity contribution >= 4 is 35.0 Å². The van der Waals surface area contributed by atoms with Gasteiger partial charge in [-0.15, -0.1) is 10.2 Å². The Morgan fingerprint density at radius 1 is 0.882 bits per heavy atom. The highest BCUT2D eigenvalue weighted by Gasteiger charge is 2.16. The van der Waals surface area contributed by atoms with Crippen molar-refractivity contribution < 1.29 is 9.59 Å². The lowest BCUT2D eigenvalue weighted by atomic mass is 10.1. The molecule has 4 aromatic rings. The number of anilines is 2. The monoisotopic (exact) mass is 471 g/mol. The van der Waals surface area contributed by atoms with Gasteiger partial charge in [-0.25, -0.2) is 0 Å². The van der Waals surface area contributed by atoms with Crippen LogP contribution in [0.3, 0.4) is 0 Å². The molecular weight excluding hydrogens is 446 g/mol. The molecule has 1 heterocycles. The summed E-state index contributed by atoms with van der Waals surface area (Å²) in [6.07, 6.45) is 0. The van der Waals surface area contributed by atoms with Gasteiger partial charge in [-0.05, 0) is 49.2 Å². The molecule has 3 aromatic carbocycles. The van der Waals surface area contributed by atoms with Gasteiger partial charge in [-0.3, -0.25) is 9.59 Å². The zero-order chi connectivity index (χ0) is 23.9. The van der Waals surface area contributed by atoms with Gasteiger partial charge in [0.05, 0.1) is 23.5 Å². The van der Waals surface area contributed by atoms with E-state index in [-0.39, 0.29) is 17.6 Å². The number of aryl methyl sites for hydroxylation is 2. The van der Waals surface area contributed by atoms with E-state index in [1.807, 2.05) is 73.0 Å². The third-order valence-corrected chi connectivity index (χ3v) is 6.11. The quantitative estimate of drug-likeness (QED) is 0.356. The Morgan fingerprint density at radius 3 is 2.44 bits per heavy atom. The zero-order valence-electron chi connectivity index (χ0n) is 19.0. The lowest BCUT2D eigenvalue weighted by molar-refractivity contribution is -0.113. The summed E-state index contributed by atoms with van der Waals surface area (Å²) >= 11 is 1.31. The molecule has 2 N–H and O–H groups in total. The van der Waals surface area contributed by atoms with Crippen molar-refractivity contribution in [2.75, 3.05) is 16.4 Å². The number of nitrogens with one attached hydrogen (secondary N) is 2. The smallest absolute Gasteiger partial charge is 0.257 e. The average molecular weight is 472 g/mol. The lowest BCUT2D eigenvalue weighted by Gasteiger charge is -2.12. The van der Waals surface area contributed by atoms with E-state index in [9.17, 15) is 9.59 Å². The predicted molar refractivity (Wildman–Crippen MR) is 135 cm³/mol. The second-order valence-electron chi connectivity index (χ2n) is 7.81. The van der Waals surface area contributed by atoms with Gasteiger partial charge in [-0.1, -0.05) is 66.4 Å². The van der Waals surface area contributed by atoms with Crippen molar-refractivity contribution in [3.8, 4) is 0 Å². The van der Waals surface area contributed by atoms with Gasteiger partial charge in [0.1, 0.15) is 5.82 Å². The standard InChI is InChI=1S/C26H25N5O2S/c1-18-9-8-12-21(15-18)27-25(33)22-13-6-7-14-23(22)28-24(32)17-34-26-30-29-19(2)31(26)16-20-10-4-3-5-11-20/h3-15H,16-17H2,1-2H3,(H,27,33)(H,28,32). The Morgan fingerprint density at radius 2 is 1.65 bits per heavy atom. The molecule has 2 amide bonds. The number of carbonyl (C=O) groups excluding carboxylic acids is 2. The second-order valence-corrected chi connectivity index (χ2v) is 8.75. The number of amides is 2. The molecule has 7 nitrogen and oxygen atoms in total. The minimum atomic E-state index is -0.285. The van der Waals surface area contributed by atoms with Crippen LogP contribution in [0.15, 0.2) is 84.0 Å². The van der Waals surface area contributed by atoms with E-state index in [1.165, 1.54) is 11.8 Å². The van der Waals surface area contributed by atoms with Crippen LogP contribution in [0.2, 0.25) is 0 Å². The van der Waals surface area contributed by atoms with Crippen LogP contribution >= 0.6 is 11.8 Å². The highest BCUT2D eigenvalue weighted by molar-refractivity contribution is 7.99. The van der Waals surface area contributed by atoms with Crippen molar-refractivity contribution in [1.82, 2.24) is 14.8 Å². The van der Waals surface area contributed by atoms with Crippen LogP contribution in [0.5, 0.6) is 0 Å². The molecule has 0 radical (unpaired) electrons. The lowest BCUT2D eigenvalue weighted by Crippen LogP contribution is -2.19. The zero-order valence-corrected chi connectivity index (χ0v) is 19.8. The molecule has 0 bridgehead atoms. The second kappa shape index (κ2) is 10.8. The topological polar surface area (TPSA) is 88.9 Å². The maximum absolute atomic E-state index is 12.8. The number of nitrogens with zero attached hydrogens (tertiary/aromatic N) is 3. The Labute approximate surface area is 202 Å². The van der Waals surface area contributed by atoms with Crippen LogP contribution in [0.1, 0.15) is 27.3 Å². The van der Waals surface area contributed by atoms with Gasteiger partial charge >= 0.3 is 0 Å². The summed E-state index contributed by atoms with van der Waals surface area (Å²) < 4.78 is 1.98. The first kappa shape index (κ1) is 23.3. The van der Waals surface area contributed by atoms with Crippen LogP contribution in [0.4, 0.5) is 11.4 Å². The van der Waals surface area contributed by atoms with Gasteiger partial charge in [0.2, 0.25) is 5.91 Å². The molecule has 0 unspecified atom stereocenters. The fourth-order valence-electron chi connectivity index (χ4n) is 3.44. The molecule has 4 rings (SSSR count). The first-order valence-corrected chi connectivity index (χ1v) is 11.8. The number of para-hydroxylation sites is 1. The van der Waals surface area contributed by atoms with E-state index in [4.69, 9.17) is 0 Å². The van der Waals surface area contributed by atoms with E-state index in [0.717, 1.165) is 17.0 Å². The van der Waals surface area contributed by atoms with E-state index in [2.05, 4.69) is 20.8 Å². The largest absolute Gasteiger partial charge is 0.325 e. The summed E-state index contributed by atoms with van der Waals surface area (Å²) in [6.45, 7) is 4.48. The summed E-state index contributed by atoms with van der Waals surface area (Å²) in [4.78, 5) is 25.6. The average Bonchev–Trinajstić information content (AvgIpc) is 3.18. The summed E-state index contributed by atoms with van der Waals surface area (Å²) in [5.41, 5.74) is 3.73. The molecule has 0 aliphatic heterocycles. The fourth-order valence-corrected chi connectivity index (χ4v) is 4.23.